The Balaban J connectivity index is 1.84. The molecule has 0 bridgehead atoms. The largest absolute Gasteiger partial charge is 0.504 e. The van der Waals surface area contributed by atoms with E-state index in [0.29, 0.717) is 11.5 Å². The molecule has 3 heteroatoms. The van der Waals surface area contributed by atoms with Gasteiger partial charge in [-0.15, -0.1) is 0 Å². The molecule has 0 aliphatic carbocycles. The molecule has 0 spiro atoms. The quantitative estimate of drug-likeness (QED) is 0.220. The van der Waals surface area contributed by atoms with Crippen LogP contribution in [0.25, 0.3) is 0 Å². The lowest BCUT2D eigenvalue weighted by Gasteiger charge is -2.12. The molecule has 0 heterocycles. The van der Waals surface area contributed by atoms with Gasteiger partial charge in [0, 0.05) is 0 Å². The Labute approximate surface area is 202 Å². The monoisotopic (exact) mass is 454 g/mol. The SMILES string of the molecule is CCCCCCCCCc1ccc(O)c(Oc2cc(CCCCCCCCC)ccc2O)c1. The normalized spacial score (nSPS) is 11.1. The fourth-order valence-electron chi connectivity index (χ4n) is 4.28. The smallest absolute Gasteiger partial charge is 0.169 e. The summed E-state index contributed by atoms with van der Waals surface area (Å²) in [5, 5.41) is 20.6. The van der Waals surface area contributed by atoms with Gasteiger partial charge in [0.05, 0.1) is 0 Å². The highest BCUT2D eigenvalue weighted by Gasteiger charge is 2.10. The Hall–Kier alpha value is -2.16. The van der Waals surface area contributed by atoms with Crippen LogP contribution in [0.15, 0.2) is 36.4 Å². The fraction of sp³-hybridized carbons (Fsp3) is 0.600. The van der Waals surface area contributed by atoms with E-state index in [1.165, 1.54) is 77.0 Å². The third kappa shape index (κ3) is 11.0. The summed E-state index contributed by atoms with van der Waals surface area (Å²) in [5.74, 6) is 1.04. The Kier molecular flexibility index (Phi) is 13.5. The molecular weight excluding hydrogens is 408 g/mol. The first-order valence-electron chi connectivity index (χ1n) is 13.5. The second-order valence-corrected chi connectivity index (χ2v) is 9.45. The number of phenols is 2. The lowest BCUT2D eigenvalue weighted by Crippen LogP contribution is -1.92. The zero-order valence-corrected chi connectivity index (χ0v) is 21.1. The highest BCUT2D eigenvalue weighted by atomic mass is 16.5. The van der Waals surface area contributed by atoms with E-state index in [0.717, 1.165) is 36.8 Å². The van der Waals surface area contributed by atoms with Gasteiger partial charge in [0.15, 0.2) is 23.0 Å². The minimum absolute atomic E-state index is 0.107. The van der Waals surface area contributed by atoms with Crippen molar-refractivity contribution in [3.8, 4) is 23.0 Å². The third-order valence-corrected chi connectivity index (χ3v) is 6.41. The van der Waals surface area contributed by atoms with Crippen LogP contribution in [-0.2, 0) is 12.8 Å². The van der Waals surface area contributed by atoms with Crippen molar-refractivity contribution in [2.24, 2.45) is 0 Å². The van der Waals surface area contributed by atoms with Gasteiger partial charge < -0.3 is 14.9 Å². The number of phenolic OH excluding ortho intramolecular Hbond substituents is 2. The highest BCUT2D eigenvalue weighted by molar-refractivity contribution is 5.49. The molecule has 33 heavy (non-hydrogen) atoms. The fourth-order valence-corrected chi connectivity index (χ4v) is 4.28. The number of aromatic hydroxyl groups is 2. The van der Waals surface area contributed by atoms with Crippen LogP contribution in [0, 0.1) is 0 Å². The third-order valence-electron chi connectivity index (χ3n) is 6.41. The summed E-state index contributed by atoms with van der Waals surface area (Å²) in [6, 6.07) is 11.2. The molecule has 0 saturated carbocycles. The van der Waals surface area contributed by atoms with Crippen LogP contribution in [0.5, 0.6) is 23.0 Å². The van der Waals surface area contributed by atoms with Crippen molar-refractivity contribution in [2.45, 2.75) is 117 Å². The van der Waals surface area contributed by atoms with Gasteiger partial charge in [-0.05, 0) is 61.1 Å². The molecule has 0 saturated heterocycles. The molecule has 0 unspecified atom stereocenters. The minimum atomic E-state index is 0.107. The maximum Gasteiger partial charge on any atom is 0.169 e. The summed E-state index contributed by atoms with van der Waals surface area (Å²) in [6.45, 7) is 4.49. The first-order chi connectivity index (χ1) is 16.1. The Bertz CT molecular complexity index is 719. The van der Waals surface area contributed by atoms with E-state index < -0.39 is 0 Å². The van der Waals surface area contributed by atoms with Gasteiger partial charge in [-0.25, -0.2) is 0 Å². The van der Waals surface area contributed by atoms with Crippen LogP contribution in [0.1, 0.15) is 115 Å². The van der Waals surface area contributed by atoms with Crippen molar-refractivity contribution in [2.75, 3.05) is 0 Å². The molecular formula is C30H46O3. The summed E-state index contributed by atoms with van der Waals surface area (Å²) >= 11 is 0. The Morgan fingerprint density at radius 2 is 0.879 bits per heavy atom. The van der Waals surface area contributed by atoms with Gasteiger partial charge in [0.25, 0.3) is 0 Å². The highest BCUT2D eigenvalue weighted by Crippen LogP contribution is 2.37. The van der Waals surface area contributed by atoms with E-state index in [2.05, 4.69) is 13.8 Å². The Morgan fingerprint density at radius 1 is 0.515 bits per heavy atom. The van der Waals surface area contributed by atoms with Gasteiger partial charge in [0.1, 0.15) is 0 Å². The molecule has 2 rings (SSSR count). The first kappa shape index (κ1) is 27.1. The summed E-state index contributed by atoms with van der Waals surface area (Å²) in [4.78, 5) is 0. The van der Waals surface area contributed by atoms with Crippen molar-refractivity contribution in [1.29, 1.82) is 0 Å². The molecule has 184 valence electrons. The van der Waals surface area contributed by atoms with Crippen LogP contribution < -0.4 is 4.74 Å². The second kappa shape index (κ2) is 16.5. The number of ether oxygens (including phenoxy) is 1. The van der Waals surface area contributed by atoms with Crippen molar-refractivity contribution in [3.63, 3.8) is 0 Å². The van der Waals surface area contributed by atoms with Crippen molar-refractivity contribution >= 4 is 0 Å². The van der Waals surface area contributed by atoms with E-state index in [-0.39, 0.29) is 11.5 Å². The average Bonchev–Trinajstić information content (AvgIpc) is 2.81. The molecule has 2 N–H and O–H groups in total. The van der Waals surface area contributed by atoms with Crippen LogP contribution >= 0.6 is 0 Å². The molecule has 0 aliphatic rings. The van der Waals surface area contributed by atoms with E-state index in [9.17, 15) is 10.2 Å². The van der Waals surface area contributed by atoms with Gasteiger partial charge in [0.2, 0.25) is 0 Å². The van der Waals surface area contributed by atoms with Crippen molar-refractivity contribution < 1.29 is 14.9 Å². The van der Waals surface area contributed by atoms with Gasteiger partial charge >= 0.3 is 0 Å². The molecule has 0 amide bonds. The minimum Gasteiger partial charge on any atom is -0.504 e. The van der Waals surface area contributed by atoms with Crippen LogP contribution in [0.3, 0.4) is 0 Å². The summed E-state index contributed by atoms with van der Waals surface area (Å²) < 4.78 is 5.96. The predicted molar refractivity (Wildman–Crippen MR) is 140 cm³/mol. The topological polar surface area (TPSA) is 49.7 Å². The summed E-state index contributed by atoms with van der Waals surface area (Å²) in [6.07, 6.45) is 19.9. The van der Waals surface area contributed by atoms with Gasteiger partial charge in [-0.3, -0.25) is 0 Å². The van der Waals surface area contributed by atoms with Crippen LogP contribution in [-0.4, -0.2) is 10.2 Å². The van der Waals surface area contributed by atoms with Gasteiger partial charge in [-0.1, -0.05) is 103 Å². The maximum atomic E-state index is 10.3. The Morgan fingerprint density at radius 3 is 1.27 bits per heavy atom. The number of unbranched alkanes of at least 4 members (excludes halogenated alkanes) is 12. The van der Waals surface area contributed by atoms with E-state index in [4.69, 9.17) is 4.74 Å². The second-order valence-electron chi connectivity index (χ2n) is 9.45. The maximum absolute atomic E-state index is 10.3. The number of hydrogen-bond acceptors (Lipinski definition) is 3. The predicted octanol–water partition coefficient (Wildman–Crippen LogP) is 9.48. The van der Waals surface area contributed by atoms with Gasteiger partial charge in [-0.2, -0.15) is 0 Å². The number of benzene rings is 2. The number of hydrogen-bond donors (Lipinski definition) is 2. The zero-order valence-electron chi connectivity index (χ0n) is 21.1. The van der Waals surface area contributed by atoms with E-state index in [1.54, 1.807) is 12.1 Å². The number of aryl methyl sites for hydroxylation is 2. The summed E-state index contributed by atoms with van der Waals surface area (Å²) in [5.41, 5.74) is 2.32. The zero-order chi connectivity index (χ0) is 23.7. The van der Waals surface area contributed by atoms with Crippen molar-refractivity contribution in [3.05, 3.63) is 47.5 Å². The van der Waals surface area contributed by atoms with E-state index in [1.807, 2.05) is 24.3 Å². The molecule has 3 nitrogen and oxygen atoms in total. The molecule has 2 aromatic carbocycles. The molecule has 0 fully saturated rings. The standard InChI is InChI=1S/C30H46O3/c1-3-5-7-9-11-13-15-17-25-19-21-27(31)29(23-25)33-30-24-26(20-22-28(30)32)18-16-14-12-10-8-6-4-2/h19-24,31-32H,3-18H2,1-2H3. The van der Waals surface area contributed by atoms with Crippen molar-refractivity contribution in [1.82, 2.24) is 0 Å². The van der Waals surface area contributed by atoms with E-state index >= 15 is 0 Å². The van der Waals surface area contributed by atoms with Crippen LogP contribution in [0.2, 0.25) is 0 Å². The molecule has 2 aromatic rings. The lowest BCUT2D eigenvalue weighted by molar-refractivity contribution is 0.384. The van der Waals surface area contributed by atoms with Crippen LogP contribution in [0.4, 0.5) is 0 Å². The molecule has 0 aromatic heterocycles. The number of rotatable bonds is 18. The average molecular weight is 455 g/mol. The molecule has 0 atom stereocenters. The molecule has 0 aliphatic heterocycles. The molecule has 0 radical (unpaired) electrons. The summed E-state index contributed by atoms with van der Waals surface area (Å²) in [7, 11) is 0. The first-order valence-corrected chi connectivity index (χ1v) is 13.5. The lowest BCUT2D eigenvalue weighted by atomic mass is 10.0.